The summed E-state index contributed by atoms with van der Waals surface area (Å²) in [4.78, 5) is 2.36. The van der Waals surface area contributed by atoms with E-state index in [1.54, 1.807) is 5.32 Å². The van der Waals surface area contributed by atoms with E-state index in [0.29, 0.717) is 5.04 Å². The number of allylic oxidation sites excluding steroid dienone is 4. The molecular weight excluding hydrogens is 222 g/mol. The van der Waals surface area contributed by atoms with E-state index in [0.717, 1.165) is 5.92 Å². The van der Waals surface area contributed by atoms with Crippen molar-refractivity contribution in [3.05, 3.63) is 35.8 Å². The molecule has 1 nitrogen and oxygen atoms in total. The molecule has 2 aliphatic heterocycles. The molecular formula is C15H25NSi. The summed E-state index contributed by atoms with van der Waals surface area (Å²) in [5.74, 6) is 0.913. The summed E-state index contributed by atoms with van der Waals surface area (Å²) in [5.41, 5.74) is 0. The Labute approximate surface area is 108 Å². The largest absolute Gasteiger partial charge is 0.359 e. The van der Waals surface area contributed by atoms with Crippen molar-refractivity contribution in [2.24, 2.45) is 5.92 Å². The maximum absolute atomic E-state index is 2.49. The minimum absolute atomic E-state index is 0.559. The van der Waals surface area contributed by atoms with Gasteiger partial charge in [-0.1, -0.05) is 45.4 Å². The van der Waals surface area contributed by atoms with Gasteiger partial charge in [-0.15, -0.1) is 0 Å². The van der Waals surface area contributed by atoms with Gasteiger partial charge in [-0.2, -0.15) is 0 Å². The van der Waals surface area contributed by atoms with E-state index < -0.39 is 8.80 Å². The number of hydrogen-bond donors (Lipinski definition) is 0. The van der Waals surface area contributed by atoms with Gasteiger partial charge in [0, 0.05) is 13.2 Å². The van der Waals surface area contributed by atoms with Gasteiger partial charge in [-0.3, -0.25) is 0 Å². The van der Waals surface area contributed by atoms with E-state index in [1.807, 2.05) is 0 Å². The van der Waals surface area contributed by atoms with Gasteiger partial charge < -0.3 is 4.90 Å². The number of hydrogen-bond acceptors (Lipinski definition) is 1. The Morgan fingerprint density at radius 3 is 2.76 bits per heavy atom. The lowest BCUT2D eigenvalue weighted by atomic mass is 9.95. The highest BCUT2D eigenvalue weighted by atomic mass is 28.3. The molecule has 94 valence electrons. The molecule has 0 aliphatic carbocycles. The van der Waals surface area contributed by atoms with Crippen LogP contribution in [0.3, 0.4) is 0 Å². The van der Waals surface area contributed by atoms with Crippen molar-refractivity contribution >= 4 is 8.80 Å². The Balaban J connectivity index is 2.24. The second kappa shape index (κ2) is 4.85. The van der Waals surface area contributed by atoms with E-state index in [4.69, 9.17) is 0 Å². The SMILES string of the molecule is CC1CC[SiH](C2=CC=CC=CN2C)C(C)(C)C1. The summed E-state index contributed by atoms with van der Waals surface area (Å²) in [6.07, 6.45) is 13.9. The van der Waals surface area contributed by atoms with E-state index in [2.05, 4.69) is 63.2 Å². The van der Waals surface area contributed by atoms with E-state index in [-0.39, 0.29) is 0 Å². The van der Waals surface area contributed by atoms with Crippen LogP contribution in [0.2, 0.25) is 11.1 Å². The lowest BCUT2D eigenvalue weighted by molar-refractivity contribution is 0.401. The average Bonchev–Trinajstić information content (AvgIpc) is 2.42. The molecule has 2 heteroatoms. The first kappa shape index (κ1) is 12.7. The van der Waals surface area contributed by atoms with Crippen LogP contribution in [0.1, 0.15) is 33.6 Å². The van der Waals surface area contributed by atoms with Crippen molar-refractivity contribution in [3.8, 4) is 0 Å². The summed E-state index contributed by atoms with van der Waals surface area (Å²) < 4.78 is 0. The standard InChI is InChI=1S/C15H25NSi/c1-13-9-11-17(15(2,3)12-13)14-8-6-5-7-10-16(14)4/h5-8,10,13,17H,9,11-12H2,1-4H3. The second-order valence-corrected chi connectivity index (χ2v) is 10.2. The molecule has 0 N–H and O–H groups in total. The molecule has 1 saturated heterocycles. The molecule has 0 aromatic rings. The van der Waals surface area contributed by atoms with Gasteiger partial charge in [-0.05, 0) is 34.8 Å². The Hall–Kier alpha value is -0.763. The first-order valence-electron chi connectivity index (χ1n) is 6.78. The third kappa shape index (κ3) is 2.74. The van der Waals surface area contributed by atoms with Crippen molar-refractivity contribution in [3.63, 3.8) is 0 Å². The molecule has 2 unspecified atom stereocenters. The molecule has 0 saturated carbocycles. The van der Waals surface area contributed by atoms with Crippen LogP contribution in [-0.2, 0) is 0 Å². The lowest BCUT2D eigenvalue weighted by Crippen LogP contribution is -2.40. The van der Waals surface area contributed by atoms with Crippen LogP contribution in [-0.4, -0.2) is 20.7 Å². The molecule has 0 radical (unpaired) electrons. The smallest absolute Gasteiger partial charge is 0.0973 e. The van der Waals surface area contributed by atoms with Gasteiger partial charge in [0.25, 0.3) is 0 Å². The summed E-state index contributed by atoms with van der Waals surface area (Å²) in [7, 11) is 1.35. The maximum Gasteiger partial charge on any atom is 0.0973 e. The molecule has 0 aromatic heterocycles. The van der Waals surface area contributed by atoms with E-state index in [9.17, 15) is 0 Å². The number of nitrogens with zero attached hydrogens (tertiary/aromatic N) is 1. The molecule has 17 heavy (non-hydrogen) atoms. The maximum atomic E-state index is 2.49. The van der Waals surface area contributed by atoms with Crippen LogP contribution in [0.25, 0.3) is 0 Å². The molecule has 0 bridgehead atoms. The predicted molar refractivity (Wildman–Crippen MR) is 78.5 cm³/mol. The zero-order chi connectivity index (χ0) is 12.5. The predicted octanol–water partition coefficient (Wildman–Crippen LogP) is 3.86. The summed E-state index contributed by atoms with van der Waals surface area (Å²) >= 11 is 0. The Bertz CT molecular complexity index is 365. The van der Waals surface area contributed by atoms with Crippen molar-refractivity contribution in [1.82, 2.24) is 4.90 Å². The van der Waals surface area contributed by atoms with E-state index in [1.165, 1.54) is 18.9 Å². The molecule has 2 heterocycles. The van der Waals surface area contributed by atoms with Gasteiger partial charge in [0.1, 0.15) is 0 Å². The Kier molecular flexibility index (Phi) is 3.62. The van der Waals surface area contributed by atoms with Crippen LogP contribution in [0.15, 0.2) is 35.8 Å². The third-order valence-electron chi connectivity index (χ3n) is 4.33. The van der Waals surface area contributed by atoms with Crippen molar-refractivity contribution in [2.75, 3.05) is 7.05 Å². The van der Waals surface area contributed by atoms with Crippen molar-refractivity contribution < 1.29 is 0 Å². The summed E-state index contributed by atoms with van der Waals surface area (Å²) in [6, 6.07) is 1.46. The Morgan fingerprint density at radius 1 is 1.29 bits per heavy atom. The first-order valence-corrected chi connectivity index (χ1v) is 8.76. The highest BCUT2D eigenvalue weighted by molar-refractivity contribution is 6.69. The zero-order valence-corrected chi connectivity index (χ0v) is 12.8. The summed E-state index contributed by atoms with van der Waals surface area (Å²) in [5, 5.41) is 2.18. The van der Waals surface area contributed by atoms with Crippen LogP contribution < -0.4 is 0 Å². The fourth-order valence-electron chi connectivity index (χ4n) is 3.50. The molecule has 0 spiro atoms. The van der Waals surface area contributed by atoms with E-state index >= 15 is 0 Å². The molecule has 1 fully saturated rings. The highest BCUT2D eigenvalue weighted by Gasteiger charge is 2.39. The first-order chi connectivity index (χ1) is 8.00. The quantitative estimate of drug-likeness (QED) is 0.636. The zero-order valence-electron chi connectivity index (χ0n) is 11.6. The average molecular weight is 247 g/mol. The summed E-state index contributed by atoms with van der Waals surface area (Å²) in [6.45, 7) is 7.40. The molecule has 0 amide bonds. The highest BCUT2D eigenvalue weighted by Crippen LogP contribution is 2.47. The van der Waals surface area contributed by atoms with Crippen LogP contribution >= 0.6 is 0 Å². The lowest BCUT2D eigenvalue weighted by Gasteiger charge is -2.43. The van der Waals surface area contributed by atoms with Gasteiger partial charge in [-0.25, -0.2) is 0 Å². The second-order valence-electron chi connectivity index (χ2n) is 6.36. The topological polar surface area (TPSA) is 3.24 Å². The molecule has 0 aromatic carbocycles. The Morgan fingerprint density at radius 2 is 2.06 bits per heavy atom. The van der Waals surface area contributed by atoms with Gasteiger partial charge in [0.15, 0.2) is 0 Å². The normalized spacial score (nSPS) is 32.2. The van der Waals surface area contributed by atoms with Gasteiger partial charge >= 0.3 is 0 Å². The monoisotopic (exact) mass is 247 g/mol. The van der Waals surface area contributed by atoms with Crippen LogP contribution in [0.5, 0.6) is 0 Å². The molecule has 2 rings (SSSR count). The fourth-order valence-corrected chi connectivity index (χ4v) is 7.88. The van der Waals surface area contributed by atoms with Gasteiger partial charge in [0.05, 0.1) is 8.80 Å². The van der Waals surface area contributed by atoms with Crippen molar-refractivity contribution in [1.29, 1.82) is 0 Å². The van der Waals surface area contributed by atoms with Gasteiger partial charge in [0.2, 0.25) is 0 Å². The minimum Gasteiger partial charge on any atom is -0.359 e. The minimum atomic E-state index is -0.857. The third-order valence-corrected chi connectivity index (χ3v) is 8.68. The molecule has 2 aliphatic rings. The number of rotatable bonds is 1. The molecule has 2 atom stereocenters. The van der Waals surface area contributed by atoms with Crippen LogP contribution in [0.4, 0.5) is 0 Å². The van der Waals surface area contributed by atoms with Crippen LogP contribution in [0, 0.1) is 5.92 Å². The fraction of sp³-hybridized carbons (Fsp3) is 0.600. The van der Waals surface area contributed by atoms with Crippen molar-refractivity contribution in [2.45, 2.75) is 44.7 Å².